The molecular weight excluding hydrogens is 190 g/mol. The van der Waals surface area contributed by atoms with E-state index in [0.29, 0.717) is 6.61 Å². The van der Waals surface area contributed by atoms with Crippen LogP contribution in [-0.2, 0) is 16.0 Å². The van der Waals surface area contributed by atoms with E-state index in [1.165, 1.54) is 5.56 Å². The van der Waals surface area contributed by atoms with Crippen molar-refractivity contribution in [2.24, 2.45) is 0 Å². The lowest BCUT2D eigenvalue weighted by Gasteiger charge is -1.99. The van der Waals surface area contributed by atoms with Crippen molar-refractivity contribution >= 4 is 11.5 Å². The molecule has 3 nitrogen and oxygen atoms in total. The molecule has 1 aliphatic carbocycles. The first kappa shape index (κ1) is 9.90. The molecular formula is C12H13NO2. The Hall–Kier alpha value is -1.64. The molecule has 0 unspecified atom stereocenters. The van der Waals surface area contributed by atoms with Crippen LogP contribution in [-0.4, -0.2) is 17.6 Å². The number of fused-ring (bicyclic) bond motifs is 1. The molecule has 0 fully saturated rings. The van der Waals surface area contributed by atoms with Crippen molar-refractivity contribution in [2.75, 3.05) is 6.61 Å². The second kappa shape index (κ2) is 4.26. The quantitative estimate of drug-likeness (QED) is 0.545. The first-order valence-electron chi connectivity index (χ1n) is 5.13. The van der Waals surface area contributed by atoms with E-state index in [-0.39, 0.29) is 5.97 Å². The van der Waals surface area contributed by atoms with Crippen molar-refractivity contribution in [2.45, 2.75) is 19.8 Å². The van der Waals surface area contributed by atoms with Crippen molar-refractivity contribution in [3.8, 4) is 0 Å². The van der Waals surface area contributed by atoms with Gasteiger partial charge in [-0.05, 0) is 37.0 Å². The molecule has 1 aromatic rings. The van der Waals surface area contributed by atoms with E-state index < -0.39 is 0 Å². The molecule has 0 N–H and O–H groups in total. The molecule has 0 spiro atoms. The maximum absolute atomic E-state index is 11.3. The lowest BCUT2D eigenvalue weighted by Crippen LogP contribution is -2.00. The number of nitrogens with zero attached hydrogens (tertiary/aromatic N) is 1. The number of esters is 1. The molecule has 78 valence electrons. The van der Waals surface area contributed by atoms with Crippen molar-refractivity contribution in [3.63, 3.8) is 0 Å². The van der Waals surface area contributed by atoms with Crippen LogP contribution >= 0.6 is 0 Å². The summed E-state index contributed by atoms with van der Waals surface area (Å²) in [6.07, 6.45) is 5.16. The van der Waals surface area contributed by atoms with Gasteiger partial charge in [0.25, 0.3) is 0 Å². The average Bonchev–Trinajstić information content (AvgIpc) is 2.62. The summed E-state index contributed by atoms with van der Waals surface area (Å²) in [5.41, 5.74) is 3.16. The molecule has 1 aliphatic rings. The third kappa shape index (κ3) is 2.06. The number of carbonyl (C=O) groups is 1. The van der Waals surface area contributed by atoms with Crippen molar-refractivity contribution < 1.29 is 9.53 Å². The summed E-state index contributed by atoms with van der Waals surface area (Å²) in [7, 11) is 0. The smallest absolute Gasteiger partial charge is 0.331 e. The number of pyridine rings is 1. The molecule has 0 aliphatic heterocycles. The maximum atomic E-state index is 11.3. The van der Waals surface area contributed by atoms with Gasteiger partial charge in [-0.1, -0.05) is 6.07 Å². The number of hydrogen-bond donors (Lipinski definition) is 0. The molecule has 15 heavy (non-hydrogen) atoms. The standard InChI is InChI=1S/C12H13NO2/c1-2-15-11(14)8-10-6-5-9-4-3-7-13-12(9)10/h3-4,7-8H,2,5-6H2,1H3/b10-8-. The minimum absolute atomic E-state index is 0.272. The molecule has 0 radical (unpaired) electrons. The highest BCUT2D eigenvalue weighted by atomic mass is 16.5. The molecule has 0 saturated carbocycles. The average molecular weight is 203 g/mol. The zero-order chi connectivity index (χ0) is 10.7. The Morgan fingerprint density at radius 2 is 2.47 bits per heavy atom. The van der Waals surface area contributed by atoms with E-state index in [4.69, 9.17) is 4.74 Å². The second-order valence-corrected chi connectivity index (χ2v) is 3.43. The monoisotopic (exact) mass is 203 g/mol. The lowest BCUT2D eigenvalue weighted by molar-refractivity contribution is -0.137. The highest BCUT2D eigenvalue weighted by Crippen LogP contribution is 2.29. The number of carbonyl (C=O) groups excluding carboxylic acids is 1. The van der Waals surface area contributed by atoms with E-state index in [1.54, 1.807) is 19.2 Å². The number of allylic oxidation sites excluding steroid dienone is 1. The fraction of sp³-hybridized carbons (Fsp3) is 0.333. The lowest BCUT2D eigenvalue weighted by atomic mass is 10.2. The van der Waals surface area contributed by atoms with Crippen molar-refractivity contribution in [3.05, 3.63) is 35.7 Å². The van der Waals surface area contributed by atoms with Gasteiger partial charge in [-0.25, -0.2) is 4.79 Å². The predicted molar refractivity (Wildman–Crippen MR) is 57.2 cm³/mol. The van der Waals surface area contributed by atoms with Gasteiger partial charge in [0.2, 0.25) is 0 Å². The Morgan fingerprint density at radius 3 is 3.27 bits per heavy atom. The molecule has 2 rings (SSSR count). The highest BCUT2D eigenvalue weighted by molar-refractivity contribution is 5.92. The predicted octanol–water partition coefficient (Wildman–Crippen LogP) is 1.97. The summed E-state index contributed by atoms with van der Waals surface area (Å²) in [5.74, 6) is -0.272. The SMILES string of the molecule is CCOC(=O)/C=C1/CCc2cccnc21. The normalized spacial score (nSPS) is 16.5. The Bertz CT molecular complexity index is 410. The van der Waals surface area contributed by atoms with Crippen LogP contribution in [0.25, 0.3) is 5.57 Å². The van der Waals surface area contributed by atoms with E-state index in [9.17, 15) is 4.79 Å². The summed E-state index contributed by atoms with van der Waals surface area (Å²) in [6.45, 7) is 2.22. The number of rotatable bonds is 2. The summed E-state index contributed by atoms with van der Waals surface area (Å²) >= 11 is 0. The highest BCUT2D eigenvalue weighted by Gasteiger charge is 2.17. The Balaban J connectivity index is 2.23. The van der Waals surface area contributed by atoms with E-state index in [0.717, 1.165) is 24.1 Å². The van der Waals surface area contributed by atoms with Gasteiger partial charge in [-0.15, -0.1) is 0 Å². The van der Waals surface area contributed by atoms with Gasteiger partial charge in [0.1, 0.15) is 0 Å². The maximum Gasteiger partial charge on any atom is 0.331 e. The van der Waals surface area contributed by atoms with E-state index >= 15 is 0 Å². The topological polar surface area (TPSA) is 39.2 Å². The van der Waals surface area contributed by atoms with Gasteiger partial charge in [-0.2, -0.15) is 0 Å². The van der Waals surface area contributed by atoms with Crippen LogP contribution in [0.2, 0.25) is 0 Å². The minimum Gasteiger partial charge on any atom is -0.463 e. The number of hydrogen-bond acceptors (Lipinski definition) is 3. The second-order valence-electron chi connectivity index (χ2n) is 3.43. The van der Waals surface area contributed by atoms with Crippen molar-refractivity contribution in [1.29, 1.82) is 0 Å². The van der Waals surface area contributed by atoms with E-state index in [2.05, 4.69) is 4.98 Å². The minimum atomic E-state index is -0.272. The van der Waals surface area contributed by atoms with Crippen molar-refractivity contribution in [1.82, 2.24) is 4.98 Å². The summed E-state index contributed by atoms with van der Waals surface area (Å²) in [5, 5.41) is 0. The Morgan fingerprint density at radius 1 is 1.60 bits per heavy atom. The van der Waals surface area contributed by atoms with E-state index in [1.807, 2.05) is 12.1 Å². The molecule has 3 heteroatoms. The first-order valence-corrected chi connectivity index (χ1v) is 5.13. The third-order valence-corrected chi connectivity index (χ3v) is 2.44. The van der Waals surface area contributed by atoms with Gasteiger partial charge < -0.3 is 4.74 Å². The van der Waals surface area contributed by atoms with Crippen LogP contribution in [0.4, 0.5) is 0 Å². The molecule has 1 heterocycles. The van der Waals surface area contributed by atoms with Crippen LogP contribution in [0.15, 0.2) is 24.4 Å². The van der Waals surface area contributed by atoms with Gasteiger partial charge in [0.15, 0.2) is 0 Å². The molecule has 0 aromatic carbocycles. The van der Waals surface area contributed by atoms with Gasteiger partial charge in [0.05, 0.1) is 12.3 Å². The molecule has 0 saturated heterocycles. The zero-order valence-corrected chi connectivity index (χ0v) is 8.69. The number of aryl methyl sites for hydroxylation is 1. The molecule has 0 atom stereocenters. The van der Waals surface area contributed by atoms with Crippen LogP contribution in [0.1, 0.15) is 24.6 Å². The number of aromatic nitrogens is 1. The summed E-state index contributed by atoms with van der Waals surface area (Å²) < 4.78 is 4.88. The van der Waals surface area contributed by atoms with Gasteiger partial charge in [-0.3, -0.25) is 4.98 Å². The third-order valence-electron chi connectivity index (χ3n) is 2.44. The van der Waals surface area contributed by atoms with Gasteiger partial charge in [0, 0.05) is 12.3 Å². The molecule has 0 amide bonds. The molecule has 1 aromatic heterocycles. The van der Waals surface area contributed by atoms with Crippen LogP contribution < -0.4 is 0 Å². The summed E-state index contributed by atoms with van der Waals surface area (Å²) in [4.78, 5) is 15.6. The fourth-order valence-corrected chi connectivity index (χ4v) is 1.78. The number of ether oxygens (including phenoxy) is 1. The van der Waals surface area contributed by atoms with Crippen LogP contribution in [0, 0.1) is 0 Å². The Kier molecular flexibility index (Phi) is 2.81. The van der Waals surface area contributed by atoms with Crippen LogP contribution in [0.3, 0.4) is 0 Å². The molecule has 0 bridgehead atoms. The first-order chi connectivity index (χ1) is 7.31. The zero-order valence-electron chi connectivity index (χ0n) is 8.69. The summed E-state index contributed by atoms with van der Waals surface area (Å²) in [6, 6.07) is 3.97. The largest absolute Gasteiger partial charge is 0.463 e. The fourth-order valence-electron chi connectivity index (χ4n) is 1.78. The Labute approximate surface area is 88.8 Å². The van der Waals surface area contributed by atoms with Gasteiger partial charge >= 0.3 is 5.97 Å². The van der Waals surface area contributed by atoms with Crippen LogP contribution in [0.5, 0.6) is 0 Å².